The number of hydrogen-bond acceptors (Lipinski definition) is 4. The van der Waals surface area contributed by atoms with Gasteiger partial charge in [-0.1, -0.05) is 23.4 Å². The molecule has 2 aromatic rings. The Morgan fingerprint density at radius 2 is 2.16 bits per heavy atom. The van der Waals surface area contributed by atoms with E-state index < -0.39 is 0 Å². The van der Waals surface area contributed by atoms with Gasteiger partial charge in [0.15, 0.2) is 5.69 Å². The molecule has 0 bridgehead atoms. The average molecular weight is 260 g/mol. The molecule has 0 saturated carbocycles. The molecule has 0 aliphatic carbocycles. The van der Waals surface area contributed by atoms with Gasteiger partial charge in [0.05, 0.1) is 11.9 Å². The summed E-state index contributed by atoms with van der Waals surface area (Å²) < 4.78 is 1.55. The van der Waals surface area contributed by atoms with E-state index in [4.69, 9.17) is 5.11 Å². The molecule has 0 fully saturated rings. The van der Waals surface area contributed by atoms with E-state index in [0.29, 0.717) is 6.42 Å². The van der Waals surface area contributed by atoms with Crippen LogP contribution in [0.25, 0.3) is 5.69 Å². The van der Waals surface area contributed by atoms with Gasteiger partial charge in [0.2, 0.25) is 0 Å². The summed E-state index contributed by atoms with van der Waals surface area (Å²) in [5.74, 6) is -0.289. The van der Waals surface area contributed by atoms with Crippen molar-refractivity contribution in [1.82, 2.24) is 20.3 Å². The molecule has 19 heavy (non-hydrogen) atoms. The molecule has 0 radical (unpaired) electrons. The van der Waals surface area contributed by atoms with Crippen LogP contribution in [0.3, 0.4) is 0 Å². The monoisotopic (exact) mass is 260 g/mol. The van der Waals surface area contributed by atoms with Crippen LogP contribution < -0.4 is 5.32 Å². The number of benzene rings is 1. The first-order valence-corrected chi connectivity index (χ1v) is 6.10. The molecule has 1 atom stereocenters. The smallest absolute Gasteiger partial charge is 0.273 e. The topological polar surface area (TPSA) is 80.0 Å². The lowest BCUT2D eigenvalue weighted by molar-refractivity contribution is 0.0929. The molecule has 2 N–H and O–H groups in total. The number of carbonyl (C=O) groups is 1. The van der Waals surface area contributed by atoms with Crippen molar-refractivity contribution in [1.29, 1.82) is 0 Å². The maximum Gasteiger partial charge on any atom is 0.273 e. The van der Waals surface area contributed by atoms with E-state index in [0.717, 1.165) is 5.69 Å². The van der Waals surface area contributed by atoms with Crippen LogP contribution >= 0.6 is 0 Å². The number of carbonyl (C=O) groups excluding carboxylic acids is 1. The Morgan fingerprint density at radius 3 is 2.84 bits per heavy atom. The maximum absolute atomic E-state index is 11.9. The van der Waals surface area contributed by atoms with Crippen LogP contribution in [0.4, 0.5) is 0 Å². The van der Waals surface area contributed by atoms with E-state index in [1.54, 1.807) is 10.9 Å². The predicted octanol–water partition coefficient (Wildman–Crippen LogP) is 0.768. The second-order valence-electron chi connectivity index (χ2n) is 4.27. The summed E-state index contributed by atoms with van der Waals surface area (Å²) in [6, 6.07) is 9.35. The maximum atomic E-state index is 11.9. The predicted molar refractivity (Wildman–Crippen MR) is 70.0 cm³/mol. The normalized spacial score (nSPS) is 12.1. The van der Waals surface area contributed by atoms with Crippen molar-refractivity contribution in [2.75, 3.05) is 6.61 Å². The number of para-hydroxylation sites is 1. The molecular weight excluding hydrogens is 244 g/mol. The van der Waals surface area contributed by atoms with Gasteiger partial charge >= 0.3 is 0 Å². The molecule has 0 aliphatic rings. The summed E-state index contributed by atoms with van der Waals surface area (Å²) in [5, 5.41) is 19.3. The Balaban J connectivity index is 2.07. The van der Waals surface area contributed by atoms with E-state index in [1.807, 2.05) is 37.3 Å². The molecule has 1 aromatic heterocycles. The van der Waals surface area contributed by atoms with Gasteiger partial charge in [-0.25, -0.2) is 4.68 Å². The Kier molecular flexibility index (Phi) is 4.25. The Labute approximate surface area is 111 Å². The van der Waals surface area contributed by atoms with Crippen molar-refractivity contribution >= 4 is 5.91 Å². The molecule has 1 heterocycles. The number of aromatic nitrogens is 3. The SMILES string of the molecule is CC(CCO)NC(=O)c1cn(-c2ccccc2)nn1. The molecule has 6 heteroatoms. The van der Waals surface area contributed by atoms with E-state index in [9.17, 15) is 4.79 Å². The zero-order valence-corrected chi connectivity index (χ0v) is 10.7. The van der Waals surface area contributed by atoms with Gasteiger partial charge in [0.1, 0.15) is 0 Å². The molecule has 6 nitrogen and oxygen atoms in total. The third-order valence-corrected chi connectivity index (χ3v) is 2.69. The lowest BCUT2D eigenvalue weighted by atomic mass is 10.2. The minimum atomic E-state index is -0.289. The first kappa shape index (κ1) is 13.2. The summed E-state index contributed by atoms with van der Waals surface area (Å²) in [4.78, 5) is 11.9. The molecule has 0 spiro atoms. The standard InChI is InChI=1S/C13H16N4O2/c1-10(7-8-18)14-13(19)12-9-17(16-15-12)11-5-3-2-4-6-11/h2-6,9-10,18H,7-8H2,1H3,(H,14,19). The first-order valence-electron chi connectivity index (χ1n) is 6.10. The van der Waals surface area contributed by atoms with Gasteiger partial charge in [-0.05, 0) is 25.5 Å². The van der Waals surface area contributed by atoms with Gasteiger partial charge < -0.3 is 10.4 Å². The summed E-state index contributed by atoms with van der Waals surface area (Å²) in [7, 11) is 0. The van der Waals surface area contributed by atoms with Crippen molar-refractivity contribution in [2.45, 2.75) is 19.4 Å². The Bertz CT molecular complexity index is 539. The number of aliphatic hydroxyl groups excluding tert-OH is 1. The van der Waals surface area contributed by atoms with Gasteiger partial charge in [0.25, 0.3) is 5.91 Å². The quantitative estimate of drug-likeness (QED) is 0.832. The first-order chi connectivity index (χ1) is 9.20. The lowest BCUT2D eigenvalue weighted by Gasteiger charge is -2.10. The zero-order chi connectivity index (χ0) is 13.7. The zero-order valence-electron chi connectivity index (χ0n) is 10.7. The second kappa shape index (κ2) is 6.10. The van der Waals surface area contributed by atoms with Crippen LogP contribution in [0.15, 0.2) is 36.5 Å². The molecule has 1 aromatic carbocycles. The molecule has 100 valence electrons. The van der Waals surface area contributed by atoms with Crippen LogP contribution in [0, 0.1) is 0 Å². The highest BCUT2D eigenvalue weighted by atomic mass is 16.3. The lowest BCUT2D eigenvalue weighted by Crippen LogP contribution is -2.33. The minimum absolute atomic E-state index is 0.0398. The van der Waals surface area contributed by atoms with Gasteiger partial charge in [-0.2, -0.15) is 0 Å². The Hall–Kier alpha value is -2.21. The highest BCUT2D eigenvalue weighted by Crippen LogP contribution is 2.05. The fraction of sp³-hybridized carbons (Fsp3) is 0.308. The third-order valence-electron chi connectivity index (χ3n) is 2.69. The molecule has 1 unspecified atom stereocenters. The Morgan fingerprint density at radius 1 is 1.42 bits per heavy atom. The van der Waals surface area contributed by atoms with Crippen LogP contribution in [-0.4, -0.2) is 38.7 Å². The summed E-state index contributed by atoms with van der Waals surface area (Å²) in [5.41, 5.74) is 1.10. The van der Waals surface area contributed by atoms with Crippen molar-refractivity contribution in [3.8, 4) is 5.69 Å². The van der Waals surface area contributed by atoms with Crippen LogP contribution in [0.5, 0.6) is 0 Å². The van der Waals surface area contributed by atoms with Crippen molar-refractivity contribution in [3.63, 3.8) is 0 Å². The fourth-order valence-corrected chi connectivity index (χ4v) is 1.64. The van der Waals surface area contributed by atoms with Crippen molar-refractivity contribution in [2.24, 2.45) is 0 Å². The minimum Gasteiger partial charge on any atom is -0.396 e. The van der Waals surface area contributed by atoms with Crippen molar-refractivity contribution in [3.05, 3.63) is 42.2 Å². The van der Waals surface area contributed by atoms with E-state index in [2.05, 4.69) is 15.6 Å². The molecule has 2 rings (SSSR count). The number of amides is 1. The highest BCUT2D eigenvalue weighted by Gasteiger charge is 2.13. The average Bonchev–Trinajstić information content (AvgIpc) is 2.89. The number of nitrogens with one attached hydrogen (secondary N) is 1. The summed E-state index contributed by atoms with van der Waals surface area (Å²) in [6.07, 6.45) is 2.09. The molecule has 0 saturated heterocycles. The number of rotatable bonds is 5. The number of aliphatic hydroxyl groups is 1. The van der Waals surface area contributed by atoms with Crippen molar-refractivity contribution < 1.29 is 9.90 Å². The second-order valence-corrected chi connectivity index (χ2v) is 4.27. The summed E-state index contributed by atoms with van der Waals surface area (Å²) in [6.45, 7) is 1.87. The van der Waals surface area contributed by atoms with Gasteiger partial charge in [-0.3, -0.25) is 4.79 Å². The molecule has 1 amide bonds. The largest absolute Gasteiger partial charge is 0.396 e. The highest BCUT2D eigenvalue weighted by molar-refractivity contribution is 5.92. The fourth-order valence-electron chi connectivity index (χ4n) is 1.64. The third kappa shape index (κ3) is 3.38. The van der Waals surface area contributed by atoms with Gasteiger partial charge in [-0.15, -0.1) is 5.10 Å². The van der Waals surface area contributed by atoms with Crippen LogP contribution in [0.2, 0.25) is 0 Å². The number of hydrogen-bond donors (Lipinski definition) is 2. The van der Waals surface area contributed by atoms with E-state index >= 15 is 0 Å². The van der Waals surface area contributed by atoms with Crippen LogP contribution in [0.1, 0.15) is 23.8 Å². The van der Waals surface area contributed by atoms with E-state index in [1.165, 1.54) is 0 Å². The summed E-state index contributed by atoms with van der Waals surface area (Å²) >= 11 is 0. The number of nitrogens with zero attached hydrogens (tertiary/aromatic N) is 3. The van der Waals surface area contributed by atoms with Crippen LogP contribution in [-0.2, 0) is 0 Å². The molecular formula is C13H16N4O2. The van der Waals surface area contributed by atoms with E-state index in [-0.39, 0.29) is 24.2 Å². The van der Waals surface area contributed by atoms with Gasteiger partial charge in [0, 0.05) is 12.6 Å². The molecule has 0 aliphatic heterocycles.